The summed E-state index contributed by atoms with van der Waals surface area (Å²) in [5, 5.41) is 2.64. The van der Waals surface area contributed by atoms with Crippen molar-refractivity contribution < 1.29 is 23.5 Å². The van der Waals surface area contributed by atoms with E-state index in [1.54, 1.807) is 55.7 Å². The van der Waals surface area contributed by atoms with E-state index in [1.165, 1.54) is 40.9 Å². The predicted octanol–water partition coefficient (Wildman–Crippen LogP) is 5.26. The number of hydrogen-bond acceptors (Lipinski definition) is 6. The van der Waals surface area contributed by atoms with Gasteiger partial charge in [0.1, 0.15) is 17.3 Å². The molecule has 6 nitrogen and oxygen atoms in total. The van der Waals surface area contributed by atoms with Gasteiger partial charge in [-0.3, -0.25) is 14.5 Å². The second-order valence-electron chi connectivity index (χ2n) is 7.10. The molecule has 3 aromatic carbocycles. The zero-order chi connectivity index (χ0) is 24.1. The number of nitrogens with zero attached hydrogens (tertiary/aromatic N) is 1. The number of rotatable bonds is 7. The maximum Gasteiger partial charge on any atom is 0.270 e. The number of thioether (sulfide) groups is 1. The maximum atomic E-state index is 13.1. The highest BCUT2D eigenvalue weighted by molar-refractivity contribution is 8.27. The minimum absolute atomic E-state index is 0.246. The molecule has 0 bridgehead atoms. The molecule has 3 aromatic rings. The molecule has 2 amide bonds. The van der Waals surface area contributed by atoms with Crippen molar-refractivity contribution in [3.05, 3.63) is 89.1 Å². The number of carbonyl (C=O) groups excluding carboxylic acids is 2. The fraction of sp³-hybridized carbons (Fsp3) is 0.0800. The van der Waals surface area contributed by atoms with Crippen LogP contribution in [0.2, 0.25) is 0 Å². The minimum atomic E-state index is -0.396. The Hall–Kier alpha value is -3.69. The third-order valence-electron chi connectivity index (χ3n) is 4.82. The molecule has 34 heavy (non-hydrogen) atoms. The number of para-hydroxylation sites is 1. The first kappa shape index (κ1) is 23.5. The van der Waals surface area contributed by atoms with Crippen molar-refractivity contribution in [2.75, 3.05) is 23.9 Å². The van der Waals surface area contributed by atoms with Gasteiger partial charge in [-0.25, -0.2) is 4.39 Å². The monoisotopic (exact) mass is 494 g/mol. The summed E-state index contributed by atoms with van der Waals surface area (Å²) in [5.74, 6) is 0.0857. The van der Waals surface area contributed by atoms with E-state index < -0.39 is 5.91 Å². The van der Waals surface area contributed by atoms with E-state index in [0.717, 1.165) is 0 Å². The molecule has 172 valence electrons. The molecule has 1 saturated heterocycles. The van der Waals surface area contributed by atoms with E-state index in [-0.39, 0.29) is 18.3 Å². The van der Waals surface area contributed by atoms with Gasteiger partial charge in [0.2, 0.25) is 0 Å². The molecule has 0 unspecified atom stereocenters. The van der Waals surface area contributed by atoms with Crippen molar-refractivity contribution in [2.24, 2.45) is 0 Å². The van der Waals surface area contributed by atoms with Crippen LogP contribution in [0.25, 0.3) is 6.08 Å². The first-order valence-electron chi connectivity index (χ1n) is 10.1. The summed E-state index contributed by atoms with van der Waals surface area (Å²) >= 11 is 6.62. The Kier molecular flexibility index (Phi) is 7.24. The summed E-state index contributed by atoms with van der Waals surface area (Å²) in [6, 6.07) is 19.6. The number of anilines is 2. The van der Waals surface area contributed by atoms with E-state index in [9.17, 15) is 14.0 Å². The summed E-state index contributed by atoms with van der Waals surface area (Å²) in [5.41, 5.74) is 1.74. The Morgan fingerprint density at radius 1 is 1.09 bits per heavy atom. The highest BCUT2D eigenvalue weighted by Crippen LogP contribution is 2.37. The van der Waals surface area contributed by atoms with Crippen LogP contribution in [0.5, 0.6) is 11.5 Å². The molecule has 1 N–H and O–H groups in total. The van der Waals surface area contributed by atoms with Crippen LogP contribution in [0.4, 0.5) is 15.8 Å². The zero-order valence-electron chi connectivity index (χ0n) is 18.0. The number of nitrogens with one attached hydrogen (secondary N) is 1. The SMILES string of the molecule is COc1ccc(N2C(=O)/C(=C/c3ccccc3OCC(=O)Nc3ccc(F)cc3)SC2=S)cc1. The summed E-state index contributed by atoms with van der Waals surface area (Å²) < 4.78 is 24.3. The van der Waals surface area contributed by atoms with E-state index in [1.807, 2.05) is 6.07 Å². The topological polar surface area (TPSA) is 67.9 Å². The largest absolute Gasteiger partial charge is 0.497 e. The molecule has 1 heterocycles. The summed E-state index contributed by atoms with van der Waals surface area (Å²) in [6.07, 6.45) is 1.69. The van der Waals surface area contributed by atoms with Gasteiger partial charge in [-0.05, 0) is 60.7 Å². The average molecular weight is 495 g/mol. The molecule has 1 aliphatic heterocycles. The number of amides is 2. The molecule has 4 rings (SSSR count). The number of thiocarbonyl (C=S) groups is 1. The Bertz CT molecular complexity index is 1260. The van der Waals surface area contributed by atoms with Crippen molar-refractivity contribution in [3.63, 3.8) is 0 Å². The van der Waals surface area contributed by atoms with Crippen LogP contribution >= 0.6 is 24.0 Å². The molecule has 0 atom stereocenters. The van der Waals surface area contributed by atoms with E-state index in [4.69, 9.17) is 21.7 Å². The standard InChI is InChI=1S/C25H19FN2O4S2/c1-31-20-12-10-19(11-13-20)28-24(30)22(34-25(28)33)14-16-4-2-3-5-21(16)32-15-23(29)27-18-8-6-17(26)7-9-18/h2-14H,15H2,1H3,(H,27,29)/b22-14-. The number of hydrogen-bond donors (Lipinski definition) is 1. The fourth-order valence-corrected chi connectivity index (χ4v) is 4.46. The van der Waals surface area contributed by atoms with Gasteiger partial charge in [-0.1, -0.05) is 42.2 Å². The highest BCUT2D eigenvalue weighted by Gasteiger charge is 2.33. The second kappa shape index (κ2) is 10.5. The quantitative estimate of drug-likeness (QED) is 0.357. The lowest BCUT2D eigenvalue weighted by Crippen LogP contribution is -2.27. The van der Waals surface area contributed by atoms with E-state index in [2.05, 4.69) is 5.32 Å². The predicted molar refractivity (Wildman–Crippen MR) is 136 cm³/mol. The van der Waals surface area contributed by atoms with Crippen LogP contribution in [0.1, 0.15) is 5.56 Å². The van der Waals surface area contributed by atoms with Crippen LogP contribution in [0.15, 0.2) is 77.7 Å². The third kappa shape index (κ3) is 5.44. The summed E-state index contributed by atoms with van der Waals surface area (Å²) in [6.45, 7) is -0.255. The van der Waals surface area contributed by atoms with Crippen molar-refractivity contribution in [1.29, 1.82) is 0 Å². The molecule has 0 aromatic heterocycles. The van der Waals surface area contributed by atoms with Crippen LogP contribution < -0.4 is 19.7 Å². The molecule has 1 aliphatic rings. The van der Waals surface area contributed by atoms with Gasteiger partial charge in [0.15, 0.2) is 10.9 Å². The van der Waals surface area contributed by atoms with Crippen LogP contribution in [0, 0.1) is 5.82 Å². The van der Waals surface area contributed by atoms with Gasteiger partial charge in [-0.2, -0.15) is 0 Å². The number of carbonyl (C=O) groups is 2. The van der Waals surface area contributed by atoms with Crippen molar-refractivity contribution >= 4 is 57.6 Å². The van der Waals surface area contributed by atoms with Crippen molar-refractivity contribution in [3.8, 4) is 11.5 Å². The van der Waals surface area contributed by atoms with Gasteiger partial charge in [0, 0.05) is 11.3 Å². The first-order valence-corrected chi connectivity index (χ1v) is 11.4. The molecule has 0 radical (unpaired) electrons. The lowest BCUT2D eigenvalue weighted by atomic mass is 10.2. The van der Waals surface area contributed by atoms with Crippen LogP contribution in [0.3, 0.4) is 0 Å². The molecule has 0 aliphatic carbocycles. The number of methoxy groups -OCH3 is 1. The van der Waals surface area contributed by atoms with Gasteiger partial charge in [0.25, 0.3) is 11.8 Å². The Morgan fingerprint density at radius 3 is 2.50 bits per heavy atom. The van der Waals surface area contributed by atoms with Gasteiger partial charge in [-0.15, -0.1) is 0 Å². The molecule has 1 fully saturated rings. The van der Waals surface area contributed by atoms with Crippen molar-refractivity contribution in [2.45, 2.75) is 0 Å². The van der Waals surface area contributed by atoms with E-state index >= 15 is 0 Å². The number of halogens is 1. The van der Waals surface area contributed by atoms with Gasteiger partial charge >= 0.3 is 0 Å². The highest BCUT2D eigenvalue weighted by atomic mass is 32.2. The fourth-order valence-electron chi connectivity index (χ4n) is 3.17. The maximum absolute atomic E-state index is 13.1. The Morgan fingerprint density at radius 2 is 1.79 bits per heavy atom. The zero-order valence-corrected chi connectivity index (χ0v) is 19.6. The second-order valence-corrected chi connectivity index (χ2v) is 8.77. The van der Waals surface area contributed by atoms with Gasteiger partial charge in [0.05, 0.1) is 17.7 Å². The molecular formula is C25H19FN2O4S2. The number of benzene rings is 3. The van der Waals surface area contributed by atoms with Crippen LogP contribution in [-0.4, -0.2) is 29.9 Å². The lowest BCUT2D eigenvalue weighted by Gasteiger charge is -2.14. The van der Waals surface area contributed by atoms with Gasteiger partial charge < -0.3 is 14.8 Å². The molecule has 9 heteroatoms. The molecule has 0 saturated carbocycles. The number of ether oxygens (including phenoxy) is 2. The third-order valence-corrected chi connectivity index (χ3v) is 6.12. The molecule has 0 spiro atoms. The average Bonchev–Trinajstić information content (AvgIpc) is 3.12. The normalized spacial score (nSPS) is 14.4. The molecular weight excluding hydrogens is 475 g/mol. The summed E-state index contributed by atoms with van der Waals surface area (Å²) in [7, 11) is 1.57. The van der Waals surface area contributed by atoms with Crippen LogP contribution in [-0.2, 0) is 9.59 Å². The van der Waals surface area contributed by atoms with Crippen molar-refractivity contribution in [1.82, 2.24) is 0 Å². The first-order chi connectivity index (χ1) is 16.4. The van der Waals surface area contributed by atoms with E-state index in [0.29, 0.717) is 37.7 Å². The smallest absolute Gasteiger partial charge is 0.270 e. The summed E-state index contributed by atoms with van der Waals surface area (Å²) in [4.78, 5) is 27.2. The lowest BCUT2D eigenvalue weighted by molar-refractivity contribution is -0.118. The Labute approximate surface area is 205 Å². The minimum Gasteiger partial charge on any atom is -0.497 e. The Balaban J connectivity index is 1.47.